The van der Waals surface area contributed by atoms with Crippen molar-refractivity contribution >= 4 is 12.0 Å². The maximum absolute atomic E-state index is 13.5. The molecule has 4 heteroatoms. The van der Waals surface area contributed by atoms with Crippen molar-refractivity contribution in [3.05, 3.63) is 60.2 Å². The average Bonchev–Trinajstić information content (AvgIpc) is 3.11. The normalized spacial score (nSPS) is 31.2. The lowest BCUT2D eigenvalue weighted by Gasteiger charge is -2.45. The molecule has 6 unspecified atom stereocenters. The van der Waals surface area contributed by atoms with E-state index < -0.39 is 0 Å². The summed E-state index contributed by atoms with van der Waals surface area (Å²) in [5, 5.41) is 0. The maximum atomic E-state index is 13.5. The Hall–Kier alpha value is -2.93. The summed E-state index contributed by atoms with van der Waals surface area (Å²) in [4.78, 5) is 17.0. The molecule has 3 aliphatic rings. The third-order valence-electron chi connectivity index (χ3n) is 7.51. The summed E-state index contributed by atoms with van der Waals surface area (Å²) in [5.41, 5.74) is 2.62. The Bertz CT molecular complexity index is 996. The molecule has 0 amide bonds. The molecule has 2 aliphatic carbocycles. The van der Waals surface area contributed by atoms with Crippen LogP contribution in [0.5, 0.6) is 0 Å². The number of fused-ring (bicyclic) bond motifs is 2. The first-order valence-corrected chi connectivity index (χ1v) is 11.5. The number of esters is 1. The van der Waals surface area contributed by atoms with Crippen molar-refractivity contribution in [1.82, 2.24) is 4.98 Å². The number of terminal acetylenes is 1. The summed E-state index contributed by atoms with van der Waals surface area (Å²) < 4.78 is 19.1. The molecule has 0 spiro atoms. The van der Waals surface area contributed by atoms with Gasteiger partial charge in [0.25, 0.3) is 0 Å². The van der Waals surface area contributed by atoms with Gasteiger partial charge < -0.3 is 4.74 Å². The van der Waals surface area contributed by atoms with Gasteiger partial charge in [0, 0.05) is 17.7 Å². The smallest absolute Gasteiger partial charge is 0.309 e. The summed E-state index contributed by atoms with van der Waals surface area (Å²) in [6.45, 7) is 2.05. The first-order chi connectivity index (χ1) is 15.6. The number of rotatable bonds is 3. The second-order valence-electron chi connectivity index (χ2n) is 9.19. The van der Waals surface area contributed by atoms with E-state index in [0.717, 1.165) is 23.2 Å². The van der Waals surface area contributed by atoms with Gasteiger partial charge in [0.05, 0.1) is 11.6 Å². The number of hydrogen-bond acceptors (Lipinski definition) is 3. The van der Waals surface area contributed by atoms with Crippen LogP contribution in [0.2, 0.25) is 0 Å². The minimum atomic E-state index is -0.243. The van der Waals surface area contributed by atoms with Crippen LogP contribution in [0.15, 0.2) is 48.7 Å². The summed E-state index contributed by atoms with van der Waals surface area (Å²) >= 11 is 0. The van der Waals surface area contributed by atoms with Crippen LogP contribution in [-0.2, 0) is 9.53 Å². The predicted molar refractivity (Wildman–Crippen MR) is 125 cm³/mol. The van der Waals surface area contributed by atoms with Crippen LogP contribution in [0.4, 0.5) is 4.39 Å². The predicted octanol–water partition coefficient (Wildman–Crippen LogP) is 6.15. The number of cyclic esters (lactones) is 1. The van der Waals surface area contributed by atoms with Gasteiger partial charge in [-0.2, -0.15) is 0 Å². The quantitative estimate of drug-likeness (QED) is 0.432. The van der Waals surface area contributed by atoms with E-state index in [1.165, 1.54) is 37.8 Å². The summed E-state index contributed by atoms with van der Waals surface area (Å²) in [6.07, 6.45) is 20.2. The van der Waals surface area contributed by atoms with E-state index in [2.05, 4.69) is 36.9 Å². The fourth-order valence-electron chi connectivity index (χ4n) is 6.14. The molecule has 1 saturated heterocycles. The number of carbonyl (C=O) groups is 1. The van der Waals surface area contributed by atoms with Crippen LogP contribution < -0.4 is 0 Å². The highest BCUT2D eigenvalue weighted by molar-refractivity contribution is 5.75. The number of nitrogens with zero attached hydrogens (tertiary/aromatic N) is 1. The Labute approximate surface area is 190 Å². The number of allylic oxidation sites excluding steroid dienone is 1. The highest BCUT2D eigenvalue weighted by atomic mass is 19.1. The molecule has 1 aromatic heterocycles. The molecule has 32 heavy (non-hydrogen) atoms. The van der Waals surface area contributed by atoms with Gasteiger partial charge in [-0.25, -0.2) is 4.39 Å². The van der Waals surface area contributed by atoms with E-state index in [1.54, 1.807) is 12.3 Å². The Morgan fingerprint density at radius 3 is 2.69 bits per heavy atom. The van der Waals surface area contributed by atoms with Crippen molar-refractivity contribution in [2.75, 3.05) is 0 Å². The summed E-state index contributed by atoms with van der Waals surface area (Å²) in [5.74, 6) is 1.73. The van der Waals surface area contributed by atoms with Crippen molar-refractivity contribution < 1.29 is 13.9 Å². The second-order valence-corrected chi connectivity index (χ2v) is 9.19. The van der Waals surface area contributed by atoms with Gasteiger partial charge in [0.15, 0.2) is 0 Å². The van der Waals surface area contributed by atoms with Gasteiger partial charge in [-0.15, -0.1) is 12.8 Å². The SMILES string of the molecule is C#C.CC1OC(=O)C2CC3CCCCC3C(/C=C/c3ccc(-c4cccc(F)c4)cn3)C12. The Morgan fingerprint density at radius 2 is 1.94 bits per heavy atom. The molecular weight excluding hydrogens is 401 g/mol. The Kier molecular flexibility index (Phi) is 6.74. The summed E-state index contributed by atoms with van der Waals surface area (Å²) in [6, 6.07) is 10.5. The molecule has 6 atom stereocenters. The van der Waals surface area contributed by atoms with Crippen molar-refractivity contribution in [3.8, 4) is 24.0 Å². The van der Waals surface area contributed by atoms with E-state index in [1.807, 2.05) is 18.2 Å². The van der Waals surface area contributed by atoms with Crippen LogP contribution in [0.3, 0.4) is 0 Å². The molecule has 166 valence electrons. The molecule has 0 N–H and O–H groups in total. The molecule has 2 aromatic rings. The largest absolute Gasteiger partial charge is 0.462 e. The van der Waals surface area contributed by atoms with Crippen molar-refractivity contribution in [2.24, 2.45) is 29.6 Å². The van der Waals surface area contributed by atoms with Crippen molar-refractivity contribution in [1.29, 1.82) is 0 Å². The Balaban J connectivity index is 0.00000119. The van der Waals surface area contributed by atoms with Gasteiger partial charge in [-0.05, 0) is 67.4 Å². The van der Waals surface area contributed by atoms with E-state index in [-0.39, 0.29) is 29.7 Å². The minimum absolute atomic E-state index is 0.00694. The molecule has 5 rings (SSSR count). The highest BCUT2D eigenvalue weighted by Gasteiger charge is 2.53. The molecule has 1 aromatic carbocycles. The first kappa shape index (κ1) is 22.3. The number of hydrogen-bond donors (Lipinski definition) is 0. The van der Waals surface area contributed by atoms with Gasteiger partial charge in [-0.3, -0.25) is 9.78 Å². The molecule has 1 aliphatic heterocycles. The standard InChI is InChI=1S/C26H28FNO2.C2H2/c1-16-25-23(22-8-3-2-5-18(22)14-24(25)26(29)30-16)12-11-21-10-9-19(15-28-21)17-6-4-7-20(27)13-17;1-2/h4,6-7,9-13,15-16,18,22-25H,2-3,5,8,14H2,1H3;1-2H/b12-11+;. The number of aromatic nitrogens is 1. The zero-order valence-electron chi connectivity index (χ0n) is 18.5. The number of carbonyl (C=O) groups excluding carboxylic acids is 1. The van der Waals surface area contributed by atoms with Gasteiger partial charge >= 0.3 is 5.97 Å². The maximum Gasteiger partial charge on any atom is 0.309 e. The fraction of sp³-hybridized carbons (Fsp3) is 0.429. The average molecular weight is 432 g/mol. The molecular formula is C28H30FNO2. The van der Waals surface area contributed by atoms with Crippen LogP contribution in [0.1, 0.15) is 44.7 Å². The number of pyridine rings is 1. The lowest BCUT2D eigenvalue weighted by atomic mass is 9.57. The van der Waals surface area contributed by atoms with E-state index in [4.69, 9.17) is 4.74 Å². The van der Waals surface area contributed by atoms with Gasteiger partial charge in [-0.1, -0.05) is 43.5 Å². The topological polar surface area (TPSA) is 39.2 Å². The van der Waals surface area contributed by atoms with Crippen LogP contribution in [-0.4, -0.2) is 17.1 Å². The van der Waals surface area contributed by atoms with Crippen LogP contribution in [0, 0.1) is 48.3 Å². The minimum Gasteiger partial charge on any atom is -0.462 e. The third-order valence-corrected chi connectivity index (χ3v) is 7.51. The number of halogens is 1. The third kappa shape index (κ3) is 4.35. The molecule has 0 radical (unpaired) electrons. The molecule has 0 bridgehead atoms. The van der Waals surface area contributed by atoms with Gasteiger partial charge in [0.2, 0.25) is 0 Å². The van der Waals surface area contributed by atoms with E-state index in [0.29, 0.717) is 17.8 Å². The van der Waals surface area contributed by atoms with E-state index in [9.17, 15) is 9.18 Å². The number of benzene rings is 1. The second kappa shape index (κ2) is 9.69. The summed E-state index contributed by atoms with van der Waals surface area (Å²) in [7, 11) is 0. The molecule has 2 saturated carbocycles. The fourth-order valence-corrected chi connectivity index (χ4v) is 6.14. The van der Waals surface area contributed by atoms with Crippen LogP contribution >= 0.6 is 0 Å². The molecule has 3 fully saturated rings. The van der Waals surface area contributed by atoms with Crippen molar-refractivity contribution in [3.63, 3.8) is 0 Å². The lowest BCUT2D eigenvalue weighted by molar-refractivity contribution is -0.144. The monoisotopic (exact) mass is 431 g/mol. The molecule has 3 nitrogen and oxygen atoms in total. The highest BCUT2D eigenvalue weighted by Crippen LogP contribution is 2.53. The zero-order chi connectivity index (χ0) is 22.7. The lowest BCUT2D eigenvalue weighted by Crippen LogP contribution is -2.42. The molecule has 2 heterocycles. The van der Waals surface area contributed by atoms with Crippen molar-refractivity contribution in [2.45, 2.75) is 45.1 Å². The number of ether oxygens (including phenoxy) is 1. The van der Waals surface area contributed by atoms with E-state index >= 15 is 0 Å². The van der Waals surface area contributed by atoms with Crippen LogP contribution in [0.25, 0.3) is 17.2 Å². The van der Waals surface area contributed by atoms with Gasteiger partial charge in [0.1, 0.15) is 11.9 Å². The first-order valence-electron chi connectivity index (χ1n) is 11.5. The zero-order valence-corrected chi connectivity index (χ0v) is 18.5. The Morgan fingerprint density at radius 1 is 1.12 bits per heavy atom.